The van der Waals surface area contributed by atoms with Gasteiger partial charge in [-0.1, -0.05) is 0 Å². The van der Waals surface area contributed by atoms with Crippen LogP contribution in [0.15, 0.2) is 0 Å². The van der Waals surface area contributed by atoms with Crippen LogP contribution in [-0.4, -0.2) is 42.5 Å². The van der Waals surface area contributed by atoms with E-state index >= 15 is 0 Å². The highest BCUT2D eigenvalue weighted by atomic mass is 16.6. The molecule has 3 amide bonds. The first-order chi connectivity index (χ1) is 14.6. The Hall–Kier alpha value is -1.54. The largest absolute Gasteiger partial charge is 0.447 e. The monoisotopic (exact) mass is 439 g/mol. The van der Waals surface area contributed by atoms with Crippen molar-refractivity contribution in [3.8, 4) is 0 Å². The highest BCUT2D eigenvalue weighted by Gasteiger charge is 2.28. The molecule has 0 saturated heterocycles. The number of rotatable bonds is 9. The number of hydrogen-bond acceptors (Lipinski definition) is 5. The van der Waals surface area contributed by atoms with Crippen LogP contribution < -0.4 is 27.4 Å². The van der Waals surface area contributed by atoms with E-state index in [1.165, 1.54) is 32.1 Å². The van der Waals surface area contributed by atoms with Gasteiger partial charge in [0.25, 0.3) is 0 Å². The van der Waals surface area contributed by atoms with Gasteiger partial charge in [0.15, 0.2) is 0 Å². The van der Waals surface area contributed by atoms with Crippen molar-refractivity contribution in [2.45, 2.75) is 115 Å². The average Bonchev–Trinajstić information content (AvgIpc) is 2.67. The summed E-state index contributed by atoms with van der Waals surface area (Å²) in [5.41, 5.74) is 10.8. The fourth-order valence-corrected chi connectivity index (χ4v) is 4.88. The third-order valence-electron chi connectivity index (χ3n) is 6.54. The molecule has 31 heavy (non-hydrogen) atoms. The van der Waals surface area contributed by atoms with Crippen LogP contribution in [0.25, 0.3) is 0 Å². The molecule has 2 aliphatic rings. The smallest absolute Gasteiger partial charge is 0.407 e. The van der Waals surface area contributed by atoms with Crippen LogP contribution in [-0.2, 0) is 4.74 Å². The zero-order valence-electron chi connectivity index (χ0n) is 19.8. The maximum absolute atomic E-state index is 12.1. The Kier molecular flexibility index (Phi) is 10.4. The number of nitrogens with two attached hydrogens (primary N) is 2. The number of amides is 3. The van der Waals surface area contributed by atoms with Gasteiger partial charge in [0, 0.05) is 18.6 Å². The summed E-state index contributed by atoms with van der Waals surface area (Å²) in [5.74, 6) is 1.51. The summed E-state index contributed by atoms with van der Waals surface area (Å²) in [6.45, 7) is 6.12. The molecule has 2 fully saturated rings. The Morgan fingerprint density at radius 1 is 0.935 bits per heavy atom. The maximum atomic E-state index is 12.1. The first-order valence-corrected chi connectivity index (χ1v) is 12.2. The molecule has 180 valence electrons. The van der Waals surface area contributed by atoms with Crippen molar-refractivity contribution in [1.29, 1.82) is 0 Å². The second kappa shape index (κ2) is 12.5. The number of urea groups is 1. The lowest BCUT2D eigenvalue weighted by Gasteiger charge is -2.34. The number of ether oxygens (including phenoxy) is 1. The van der Waals surface area contributed by atoms with E-state index in [0.717, 1.165) is 43.9 Å². The third kappa shape index (κ3) is 11.1. The van der Waals surface area contributed by atoms with Crippen LogP contribution >= 0.6 is 0 Å². The Morgan fingerprint density at radius 3 is 1.94 bits per heavy atom. The van der Waals surface area contributed by atoms with Crippen LogP contribution in [0.1, 0.15) is 91.4 Å². The molecule has 0 atom stereocenters. The molecule has 0 heterocycles. The van der Waals surface area contributed by atoms with E-state index in [1.54, 1.807) is 6.92 Å². The molecule has 0 unspecified atom stereocenters. The second-order valence-electron chi connectivity index (χ2n) is 10.3. The Bertz CT molecular complexity index is 548. The molecule has 2 saturated carbocycles. The lowest BCUT2D eigenvalue weighted by molar-refractivity contribution is 0.107. The molecule has 8 heteroatoms. The highest BCUT2D eigenvalue weighted by Crippen LogP contribution is 2.35. The molecule has 8 nitrogen and oxygen atoms in total. The van der Waals surface area contributed by atoms with Gasteiger partial charge >= 0.3 is 12.1 Å². The van der Waals surface area contributed by atoms with Crippen molar-refractivity contribution >= 4 is 12.1 Å². The molecule has 0 aromatic carbocycles. The maximum Gasteiger partial charge on any atom is 0.407 e. The van der Waals surface area contributed by atoms with E-state index in [1.807, 2.05) is 13.8 Å². The minimum absolute atomic E-state index is 0.0781. The quantitative estimate of drug-likeness (QED) is 0.278. The van der Waals surface area contributed by atoms with E-state index in [-0.39, 0.29) is 30.3 Å². The van der Waals surface area contributed by atoms with Gasteiger partial charge in [0.1, 0.15) is 0 Å². The molecule has 0 spiro atoms. The summed E-state index contributed by atoms with van der Waals surface area (Å²) >= 11 is 0. The van der Waals surface area contributed by atoms with Gasteiger partial charge in [0.2, 0.25) is 0 Å². The van der Waals surface area contributed by atoms with Crippen LogP contribution in [0.4, 0.5) is 9.59 Å². The van der Waals surface area contributed by atoms with E-state index in [0.29, 0.717) is 13.0 Å². The predicted octanol–water partition coefficient (Wildman–Crippen LogP) is 3.34. The first kappa shape index (κ1) is 25.7. The SMILES string of the molecule is CC(C)OC(=O)NC1CCC(CC2CCC(NC(=O)NCCCC(C)(N)N)CC2)CC1. The van der Waals surface area contributed by atoms with Crippen molar-refractivity contribution in [2.24, 2.45) is 23.3 Å². The molecule has 0 aliphatic heterocycles. The van der Waals surface area contributed by atoms with Gasteiger partial charge in [-0.05, 0) is 103 Å². The lowest BCUT2D eigenvalue weighted by Crippen LogP contribution is -2.47. The van der Waals surface area contributed by atoms with E-state index in [2.05, 4.69) is 16.0 Å². The molecule has 0 radical (unpaired) electrons. The molecule has 7 N–H and O–H groups in total. The minimum Gasteiger partial charge on any atom is -0.447 e. The van der Waals surface area contributed by atoms with E-state index in [4.69, 9.17) is 16.2 Å². The fourth-order valence-electron chi connectivity index (χ4n) is 4.88. The highest BCUT2D eigenvalue weighted by molar-refractivity contribution is 5.74. The van der Waals surface area contributed by atoms with Crippen LogP contribution in [0, 0.1) is 11.8 Å². The summed E-state index contributed by atoms with van der Waals surface area (Å²) in [7, 11) is 0. The van der Waals surface area contributed by atoms with Crippen LogP contribution in [0.5, 0.6) is 0 Å². The predicted molar refractivity (Wildman–Crippen MR) is 123 cm³/mol. The number of carbonyl (C=O) groups excluding carboxylic acids is 2. The van der Waals surface area contributed by atoms with Crippen molar-refractivity contribution in [2.75, 3.05) is 6.54 Å². The molecular formula is C23H45N5O3. The number of carbonyl (C=O) groups is 2. The van der Waals surface area contributed by atoms with Gasteiger partial charge in [-0.25, -0.2) is 9.59 Å². The van der Waals surface area contributed by atoms with Gasteiger partial charge in [-0.3, -0.25) is 0 Å². The Labute approximate surface area is 188 Å². The van der Waals surface area contributed by atoms with Crippen molar-refractivity contribution in [1.82, 2.24) is 16.0 Å². The summed E-state index contributed by atoms with van der Waals surface area (Å²) in [4.78, 5) is 23.8. The molecule has 2 aliphatic carbocycles. The minimum atomic E-state index is -0.675. The topological polar surface area (TPSA) is 132 Å². The average molecular weight is 440 g/mol. The molecule has 0 aromatic heterocycles. The fraction of sp³-hybridized carbons (Fsp3) is 0.913. The zero-order chi connectivity index (χ0) is 22.9. The number of alkyl carbamates (subject to hydrolysis) is 1. The molecular weight excluding hydrogens is 394 g/mol. The van der Waals surface area contributed by atoms with Gasteiger partial charge in [-0.15, -0.1) is 0 Å². The van der Waals surface area contributed by atoms with Crippen molar-refractivity contribution < 1.29 is 14.3 Å². The standard InChI is InChI=1S/C23H45N5O3/c1-16(2)31-22(30)28-20-11-7-18(8-12-20)15-17-5-9-19(10-6-17)27-21(29)26-14-4-13-23(3,24)25/h16-20H,4-15,24-25H2,1-3H3,(H,28,30)(H2,26,27,29). The summed E-state index contributed by atoms with van der Waals surface area (Å²) < 4.78 is 5.18. The summed E-state index contributed by atoms with van der Waals surface area (Å²) in [6.07, 6.45) is 11.3. The van der Waals surface area contributed by atoms with Crippen molar-refractivity contribution in [3.05, 3.63) is 0 Å². The Morgan fingerprint density at radius 2 is 1.45 bits per heavy atom. The summed E-state index contributed by atoms with van der Waals surface area (Å²) in [5, 5.41) is 9.02. The molecule has 0 bridgehead atoms. The Balaban J connectivity index is 1.55. The molecule has 2 rings (SSSR count). The van der Waals surface area contributed by atoms with Crippen LogP contribution in [0.3, 0.4) is 0 Å². The van der Waals surface area contributed by atoms with E-state index < -0.39 is 5.66 Å². The lowest BCUT2D eigenvalue weighted by atomic mass is 9.76. The van der Waals surface area contributed by atoms with E-state index in [9.17, 15) is 9.59 Å². The van der Waals surface area contributed by atoms with Crippen molar-refractivity contribution in [3.63, 3.8) is 0 Å². The molecule has 0 aromatic rings. The van der Waals surface area contributed by atoms with Crippen LogP contribution in [0.2, 0.25) is 0 Å². The normalized spacial score (nSPS) is 26.9. The van der Waals surface area contributed by atoms with Gasteiger partial charge in [0.05, 0.1) is 11.8 Å². The number of nitrogens with one attached hydrogen (secondary N) is 3. The first-order valence-electron chi connectivity index (χ1n) is 12.2. The van der Waals surface area contributed by atoms with Gasteiger partial charge in [-0.2, -0.15) is 0 Å². The zero-order valence-corrected chi connectivity index (χ0v) is 19.8. The number of hydrogen-bond donors (Lipinski definition) is 5. The summed E-state index contributed by atoms with van der Waals surface area (Å²) in [6, 6.07) is 0.447. The van der Waals surface area contributed by atoms with Gasteiger partial charge < -0.3 is 32.2 Å². The third-order valence-corrected chi connectivity index (χ3v) is 6.54. The second-order valence-corrected chi connectivity index (χ2v) is 10.3.